The van der Waals surface area contributed by atoms with Gasteiger partial charge in [-0.2, -0.15) is 0 Å². The minimum Gasteiger partial charge on any atom is -0.465 e. The van der Waals surface area contributed by atoms with Crippen LogP contribution >= 0.6 is 0 Å². The van der Waals surface area contributed by atoms with Gasteiger partial charge >= 0.3 is 6.09 Å². The molecule has 0 saturated carbocycles. The number of carbonyl (C=O) groups excluding carboxylic acids is 1. The molecule has 0 unspecified atom stereocenters. The molecule has 2 amide bonds. The number of amides is 2. The molecule has 4 heteroatoms. The van der Waals surface area contributed by atoms with Gasteiger partial charge in [0.1, 0.15) is 0 Å². The van der Waals surface area contributed by atoms with Crippen molar-refractivity contribution in [2.24, 2.45) is 0 Å². The van der Waals surface area contributed by atoms with E-state index in [1.54, 1.807) is 0 Å². The van der Waals surface area contributed by atoms with Crippen molar-refractivity contribution in [2.45, 2.75) is 6.90 Å². The molecule has 40 valence electrons. The second kappa shape index (κ2) is 2.17. The van der Waals surface area contributed by atoms with Crippen molar-refractivity contribution in [1.29, 1.82) is 0 Å². The van der Waals surface area contributed by atoms with Gasteiger partial charge in [0.15, 0.2) is 0 Å². The number of carbonyl (C=O) groups is 2. The average Bonchev–Trinajstić information content (AvgIpc) is 1.65. The maximum atomic E-state index is 9.94. The van der Waals surface area contributed by atoms with Crippen LogP contribution in [0, 0.1) is 0 Å². The topological polar surface area (TPSA) is 66.4 Å². The van der Waals surface area contributed by atoms with Gasteiger partial charge in [0, 0.05) is 8.27 Å². The van der Waals surface area contributed by atoms with Crippen LogP contribution in [0.4, 0.5) is 4.79 Å². The first-order valence-electron chi connectivity index (χ1n) is 2.19. The molecule has 7 heavy (non-hydrogen) atoms. The SMILES string of the molecule is [2H]CC(=O)NC(=O)O. The van der Waals surface area contributed by atoms with E-state index in [9.17, 15) is 9.59 Å². The lowest BCUT2D eigenvalue weighted by molar-refractivity contribution is -0.118. The van der Waals surface area contributed by atoms with E-state index in [0.29, 0.717) is 0 Å². The number of hydrogen-bond acceptors (Lipinski definition) is 2. The fourth-order valence-corrected chi connectivity index (χ4v) is 0.119. The van der Waals surface area contributed by atoms with Gasteiger partial charge in [-0.05, 0) is 0 Å². The van der Waals surface area contributed by atoms with Crippen molar-refractivity contribution in [3.05, 3.63) is 0 Å². The highest BCUT2D eigenvalue weighted by atomic mass is 16.4. The first-order chi connectivity index (χ1) is 3.66. The van der Waals surface area contributed by atoms with Crippen LogP contribution in [-0.2, 0) is 4.79 Å². The van der Waals surface area contributed by atoms with E-state index in [1.165, 1.54) is 5.32 Å². The minimum absolute atomic E-state index is 0.549. The smallest absolute Gasteiger partial charge is 0.411 e. The zero-order chi connectivity index (χ0) is 6.57. The predicted molar refractivity (Wildman–Crippen MR) is 21.8 cm³/mol. The van der Waals surface area contributed by atoms with Crippen LogP contribution in [0.2, 0.25) is 0 Å². The van der Waals surface area contributed by atoms with Gasteiger partial charge in [0.05, 0.1) is 0 Å². The average molecular weight is 104 g/mol. The van der Waals surface area contributed by atoms with Crippen molar-refractivity contribution in [3.8, 4) is 0 Å². The maximum absolute atomic E-state index is 9.94. The molecule has 0 aromatic heterocycles. The molecular formula is C3H5NO3. The van der Waals surface area contributed by atoms with Gasteiger partial charge in [-0.15, -0.1) is 0 Å². The molecular weight excluding hydrogens is 98.0 g/mol. The van der Waals surface area contributed by atoms with Crippen molar-refractivity contribution in [3.63, 3.8) is 0 Å². The predicted octanol–water partition coefficient (Wildman–Crippen LogP) is -0.199. The minimum atomic E-state index is -1.41. The van der Waals surface area contributed by atoms with Crippen molar-refractivity contribution in [2.75, 3.05) is 0 Å². The monoisotopic (exact) mass is 104 g/mol. The molecule has 0 aliphatic rings. The summed E-state index contributed by atoms with van der Waals surface area (Å²) in [7, 11) is 0. The van der Waals surface area contributed by atoms with Gasteiger partial charge in [0.25, 0.3) is 0 Å². The first kappa shape index (κ1) is 4.11. The van der Waals surface area contributed by atoms with E-state index in [-0.39, 0.29) is 0 Å². The van der Waals surface area contributed by atoms with Crippen molar-refractivity contribution < 1.29 is 16.1 Å². The lowest BCUT2D eigenvalue weighted by Crippen LogP contribution is -2.25. The van der Waals surface area contributed by atoms with Crippen LogP contribution in [0.25, 0.3) is 0 Å². The summed E-state index contributed by atoms with van der Waals surface area (Å²) in [4.78, 5) is 19.5. The molecule has 0 aliphatic carbocycles. The summed E-state index contributed by atoms with van der Waals surface area (Å²) in [6.45, 7) is -0.549. The Labute approximate surface area is 41.5 Å². The summed E-state index contributed by atoms with van der Waals surface area (Å²) < 4.78 is 6.33. The second-order valence-corrected chi connectivity index (χ2v) is 0.853. The highest BCUT2D eigenvalue weighted by Gasteiger charge is 1.93. The van der Waals surface area contributed by atoms with Crippen LogP contribution in [0.3, 0.4) is 0 Å². The normalized spacial score (nSPS) is 9.43. The van der Waals surface area contributed by atoms with Gasteiger partial charge in [-0.3, -0.25) is 10.1 Å². The zero-order valence-corrected chi connectivity index (χ0v) is 3.47. The van der Waals surface area contributed by atoms with Gasteiger partial charge in [-0.25, -0.2) is 4.79 Å². The van der Waals surface area contributed by atoms with E-state index >= 15 is 0 Å². The van der Waals surface area contributed by atoms with Crippen LogP contribution in [0.5, 0.6) is 0 Å². The second-order valence-electron chi connectivity index (χ2n) is 0.853. The Hall–Kier alpha value is -1.06. The standard InChI is InChI=1S/C3H5NO3/c1-2(5)4-3(6)7/h1H3,(H,4,5)(H,6,7)/i1D. The molecule has 0 radical (unpaired) electrons. The molecule has 0 fully saturated rings. The third-order valence-corrected chi connectivity index (χ3v) is 0.246. The lowest BCUT2D eigenvalue weighted by Gasteiger charge is -1.86. The van der Waals surface area contributed by atoms with Crippen LogP contribution in [0.15, 0.2) is 0 Å². The molecule has 0 atom stereocenters. The van der Waals surface area contributed by atoms with Gasteiger partial charge in [0.2, 0.25) is 5.91 Å². The molecule has 0 saturated heterocycles. The molecule has 0 aliphatic heterocycles. The van der Waals surface area contributed by atoms with E-state index in [0.717, 1.165) is 0 Å². The molecule has 4 nitrogen and oxygen atoms in total. The molecule has 0 aromatic rings. The molecule has 0 rings (SSSR count). The number of nitrogens with one attached hydrogen (secondary N) is 1. The molecule has 0 aromatic carbocycles. The highest BCUT2D eigenvalue weighted by Crippen LogP contribution is 1.59. The van der Waals surface area contributed by atoms with Crippen molar-refractivity contribution >= 4 is 12.0 Å². The van der Waals surface area contributed by atoms with Crippen LogP contribution in [0.1, 0.15) is 8.27 Å². The Morgan fingerprint density at radius 2 is 2.43 bits per heavy atom. The van der Waals surface area contributed by atoms with Crippen LogP contribution < -0.4 is 5.32 Å². The van der Waals surface area contributed by atoms with E-state index < -0.39 is 18.9 Å². The summed E-state index contributed by atoms with van der Waals surface area (Å²) in [5, 5.41) is 9.28. The molecule has 0 heterocycles. The number of rotatable bonds is 0. The zero-order valence-electron chi connectivity index (χ0n) is 4.47. The number of imide groups is 1. The van der Waals surface area contributed by atoms with Gasteiger partial charge in [-0.1, -0.05) is 0 Å². The van der Waals surface area contributed by atoms with E-state index in [4.69, 9.17) is 6.48 Å². The third kappa shape index (κ3) is 4.94. The Bertz CT molecular complexity index is 113. The molecule has 0 spiro atoms. The largest absolute Gasteiger partial charge is 0.465 e. The van der Waals surface area contributed by atoms with E-state index in [2.05, 4.69) is 0 Å². The fraction of sp³-hybridized carbons (Fsp3) is 0.333. The highest BCUT2D eigenvalue weighted by molar-refractivity contribution is 5.89. The summed E-state index contributed by atoms with van der Waals surface area (Å²) in [6, 6.07) is 0. The Morgan fingerprint density at radius 1 is 1.86 bits per heavy atom. The summed E-state index contributed by atoms with van der Waals surface area (Å²) in [6.07, 6.45) is -1.41. The summed E-state index contributed by atoms with van der Waals surface area (Å²) >= 11 is 0. The molecule has 0 bridgehead atoms. The molecule has 2 N–H and O–H groups in total. The van der Waals surface area contributed by atoms with Crippen molar-refractivity contribution in [1.82, 2.24) is 5.32 Å². The third-order valence-electron chi connectivity index (χ3n) is 0.246. The summed E-state index contributed by atoms with van der Waals surface area (Å²) in [5.41, 5.74) is 0. The number of hydrogen-bond donors (Lipinski definition) is 2. The number of carboxylic acid groups (broad SMARTS) is 1. The fourth-order valence-electron chi connectivity index (χ4n) is 0.119. The van der Waals surface area contributed by atoms with Gasteiger partial charge < -0.3 is 5.11 Å². The van der Waals surface area contributed by atoms with E-state index in [1.807, 2.05) is 0 Å². The first-order valence-corrected chi connectivity index (χ1v) is 1.49. The summed E-state index contributed by atoms with van der Waals surface area (Å²) in [5.74, 6) is -0.808. The maximum Gasteiger partial charge on any atom is 0.411 e. The Kier molecular flexibility index (Phi) is 1.28. The lowest BCUT2D eigenvalue weighted by atomic mass is 10.7. The quantitative estimate of drug-likeness (QED) is 0.447. The Balaban J connectivity index is 3.40. The van der Waals surface area contributed by atoms with Crippen LogP contribution in [-0.4, -0.2) is 17.1 Å². The Morgan fingerprint density at radius 3 is 2.57 bits per heavy atom.